The van der Waals surface area contributed by atoms with Gasteiger partial charge in [-0.15, -0.1) is 0 Å². The van der Waals surface area contributed by atoms with Crippen LogP contribution in [0.4, 0.5) is 0 Å². The van der Waals surface area contributed by atoms with E-state index >= 15 is 0 Å². The lowest BCUT2D eigenvalue weighted by Crippen LogP contribution is -2.69. The molecule has 1 amide bonds. The summed E-state index contributed by atoms with van der Waals surface area (Å²) in [5, 5.41) is 32.9. The molecule has 1 aromatic carbocycles. The number of hydrogen-bond donors (Lipinski definition) is 3. The van der Waals surface area contributed by atoms with E-state index in [4.69, 9.17) is 5.84 Å². The van der Waals surface area contributed by atoms with E-state index in [1.165, 1.54) is 0 Å². The summed E-state index contributed by atoms with van der Waals surface area (Å²) in [6.45, 7) is 3.52. The van der Waals surface area contributed by atoms with Crippen molar-refractivity contribution in [1.82, 2.24) is 10.7 Å². The molecule has 4 N–H and O–H groups in total. The van der Waals surface area contributed by atoms with Crippen molar-refractivity contribution >= 4 is 5.91 Å². The van der Waals surface area contributed by atoms with Crippen molar-refractivity contribution in [2.45, 2.75) is 25.4 Å². The first-order chi connectivity index (χ1) is 11.9. The number of benzene rings is 1. The zero-order valence-electron chi connectivity index (χ0n) is 13.9. The lowest BCUT2D eigenvalue weighted by Gasteiger charge is -2.53. The van der Waals surface area contributed by atoms with Crippen LogP contribution in [0.3, 0.4) is 0 Å². The molecule has 5 atom stereocenters. The van der Waals surface area contributed by atoms with Gasteiger partial charge in [0.05, 0.1) is 18.2 Å². The molecule has 0 aromatic heterocycles. The van der Waals surface area contributed by atoms with Crippen LogP contribution in [0, 0.1) is 56.7 Å². The van der Waals surface area contributed by atoms with Crippen LogP contribution < -0.4 is 16.6 Å². The Morgan fingerprint density at radius 1 is 1.12 bits per heavy atom. The molecule has 2 aliphatic rings. The van der Waals surface area contributed by atoms with Crippen molar-refractivity contribution in [3.63, 3.8) is 0 Å². The third-order valence-corrected chi connectivity index (χ3v) is 6.24. The Balaban J connectivity index is 2.41. The highest BCUT2D eigenvalue weighted by Crippen LogP contribution is 2.66. The SMILES string of the molecule is CC1C(c2ccccc2)C(C#N)(C#N)C2(C#N)C(=O)NC1(NN)C2C. The third-order valence-electron chi connectivity index (χ3n) is 6.24. The minimum absolute atomic E-state index is 0.401. The van der Waals surface area contributed by atoms with Crippen LogP contribution in [0.1, 0.15) is 25.3 Å². The molecule has 126 valence electrons. The number of nitriles is 3. The van der Waals surface area contributed by atoms with Crippen LogP contribution in [0.5, 0.6) is 0 Å². The van der Waals surface area contributed by atoms with Gasteiger partial charge in [-0.2, -0.15) is 15.8 Å². The Labute approximate surface area is 146 Å². The van der Waals surface area contributed by atoms with Gasteiger partial charge in [0.25, 0.3) is 0 Å². The molecule has 7 heteroatoms. The number of amides is 1. The van der Waals surface area contributed by atoms with Gasteiger partial charge in [0.2, 0.25) is 5.91 Å². The van der Waals surface area contributed by atoms with Crippen molar-refractivity contribution in [3.8, 4) is 18.2 Å². The van der Waals surface area contributed by atoms with E-state index in [2.05, 4.69) is 22.9 Å². The fourth-order valence-electron chi connectivity index (χ4n) is 4.91. The molecule has 5 unspecified atom stereocenters. The number of nitrogens with one attached hydrogen (secondary N) is 2. The quantitative estimate of drug-likeness (QED) is 0.542. The average Bonchev–Trinajstić information content (AvgIpc) is 2.84. The fourth-order valence-corrected chi connectivity index (χ4v) is 4.91. The molecule has 1 saturated carbocycles. The molecular formula is C18H18N6O. The summed E-state index contributed by atoms with van der Waals surface area (Å²) >= 11 is 0. The van der Waals surface area contributed by atoms with Crippen LogP contribution in [0.25, 0.3) is 0 Å². The molecular weight excluding hydrogens is 316 g/mol. The molecule has 1 heterocycles. The predicted molar refractivity (Wildman–Crippen MR) is 87.4 cm³/mol. The Bertz CT molecular complexity index is 833. The minimum atomic E-state index is -1.83. The number of rotatable bonds is 2. The van der Waals surface area contributed by atoms with Gasteiger partial charge in [0.15, 0.2) is 10.8 Å². The Morgan fingerprint density at radius 2 is 1.72 bits per heavy atom. The first-order valence-electron chi connectivity index (χ1n) is 8.01. The number of nitrogens with zero attached hydrogens (tertiary/aromatic N) is 3. The van der Waals surface area contributed by atoms with Gasteiger partial charge < -0.3 is 5.32 Å². The van der Waals surface area contributed by atoms with Gasteiger partial charge in [-0.25, -0.2) is 5.43 Å². The summed E-state index contributed by atoms with van der Waals surface area (Å²) in [5.41, 5.74) is -1.33. The maximum absolute atomic E-state index is 12.9. The van der Waals surface area contributed by atoms with Gasteiger partial charge in [0, 0.05) is 17.8 Å². The third kappa shape index (κ3) is 1.61. The predicted octanol–water partition coefficient (Wildman–Crippen LogP) is 0.889. The van der Waals surface area contributed by atoms with Gasteiger partial charge in [0.1, 0.15) is 5.66 Å². The second-order valence-electron chi connectivity index (χ2n) is 6.82. The number of hydrogen-bond acceptors (Lipinski definition) is 6. The van der Waals surface area contributed by atoms with Crippen molar-refractivity contribution in [2.24, 2.45) is 28.5 Å². The summed E-state index contributed by atoms with van der Waals surface area (Å²) in [7, 11) is 0. The number of carbonyl (C=O) groups excluding carboxylic acids is 1. The zero-order chi connectivity index (χ0) is 18.5. The molecule has 0 radical (unpaired) electrons. The van der Waals surface area contributed by atoms with E-state index in [0.29, 0.717) is 0 Å². The lowest BCUT2D eigenvalue weighted by atomic mass is 9.45. The van der Waals surface area contributed by atoms with E-state index in [0.717, 1.165) is 5.56 Å². The van der Waals surface area contributed by atoms with Gasteiger partial charge in [-0.05, 0) is 5.56 Å². The minimum Gasteiger partial charge on any atom is -0.335 e. The number of carbonyl (C=O) groups is 1. The second kappa shape index (κ2) is 5.29. The Kier molecular flexibility index (Phi) is 3.58. The summed E-state index contributed by atoms with van der Waals surface area (Å²) in [5.74, 6) is 3.43. The maximum atomic E-state index is 12.9. The monoisotopic (exact) mass is 334 g/mol. The molecule has 25 heavy (non-hydrogen) atoms. The first kappa shape index (κ1) is 16.9. The Hall–Kier alpha value is -2.92. The van der Waals surface area contributed by atoms with Crippen LogP contribution in [0.15, 0.2) is 30.3 Å². The van der Waals surface area contributed by atoms with E-state index in [9.17, 15) is 20.6 Å². The fraction of sp³-hybridized carbons (Fsp3) is 0.444. The summed E-state index contributed by atoms with van der Waals surface area (Å²) < 4.78 is 0. The number of nitrogens with two attached hydrogens (primary N) is 1. The van der Waals surface area contributed by atoms with Gasteiger partial charge in [-0.1, -0.05) is 44.2 Å². The molecule has 1 aliphatic carbocycles. The van der Waals surface area contributed by atoms with Gasteiger partial charge in [-0.3, -0.25) is 10.6 Å². The zero-order valence-corrected chi connectivity index (χ0v) is 13.9. The standard InChI is InChI=1S/C18H18N6O/c1-11-14(13-6-4-3-5-7-13)16(8-19,9-20)17(10-21)12(2)18(11,24-22)23-15(17)25/h3-7,11-12,14,24H,22H2,1-2H3,(H,23,25). The van der Waals surface area contributed by atoms with Crippen molar-refractivity contribution in [3.05, 3.63) is 35.9 Å². The van der Waals surface area contributed by atoms with Crippen LogP contribution in [0.2, 0.25) is 0 Å². The normalized spacial score (nSPS) is 38.1. The second-order valence-corrected chi connectivity index (χ2v) is 6.82. The lowest BCUT2D eigenvalue weighted by molar-refractivity contribution is -0.130. The molecule has 7 nitrogen and oxygen atoms in total. The van der Waals surface area contributed by atoms with E-state index in [-0.39, 0.29) is 0 Å². The number of hydrazine groups is 1. The topological polar surface area (TPSA) is 139 Å². The molecule has 1 aromatic rings. The highest BCUT2D eigenvalue weighted by molar-refractivity contribution is 5.93. The molecule has 2 fully saturated rings. The van der Waals surface area contributed by atoms with Crippen LogP contribution >= 0.6 is 0 Å². The van der Waals surface area contributed by atoms with Crippen LogP contribution in [-0.2, 0) is 4.79 Å². The van der Waals surface area contributed by atoms with Crippen LogP contribution in [-0.4, -0.2) is 11.6 Å². The first-order valence-corrected chi connectivity index (χ1v) is 8.01. The molecule has 1 aliphatic heterocycles. The molecule has 2 bridgehead atoms. The Morgan fingerprint density at radius 3 is 2.20 bits per heavy atom. The largest absolute Gasteiger partial charge is 0.335 e. The van der Waals surface area contributed by atoms with E-state index in [1.54, 1.807) is 31.2 Å². The van der Waals surface area contributed by atoms with Crippen molar-refractivity contribution in [2.75, 3.05) is 0 Å². The average molecular weight is 334 g/mol. The summed E-state index contributed by atoms with van der Waals surface area (Å²) in [6.07, 6.45) is 0. The molecule has 1 saturated heterocycles. The summed E-state index contributed by atoms with van der Waals surface area (Å²) in [4.78, 5) is 12.9. The highest BCUT2D eigenvalue weighted by Gasteiger charge is 2.79. The maximum Gasteiger partial charge on any atom is 0.245 e. The molecule has 3 rings (SSSR count). The smallest absolute Gasteiger partial charge is 0.245 e. The number of fused-ring (bicyclic) bond motifs is 2. The van der Waals surface area contributed by atoms with Gasteiger partial charge >= 0.3 is 0 Å². The van der Waals surface area contributed by atoms with Crippen molar-refractivity contribution < 1.29 is 4.79 Å². The molecule has 0 spiro atoms. The summed E-state index contributed by atoms with van der Waals surface area (Å²) in [6, 6.07) is 15.2. The van der Waals surface area contributed by atoms with E-state index < -0.39 is 40.2 Å². The van der Waals surface area contributed by atoms with E-state index in [1.807, 2.05) is 19.1 Å². The highest BCUT2D eigenvalue weighted by atomic mass is 16.2. The van der Waals surface area contributed by atoms with Crippen molar-refractivity contribution in [1.29, 1.82) is 15.8 Å².